The van der Waals surface area contributed by atoms with E-state index in [1.807, 2.05) is 74.7 Å². The second kappa shape index (κ2) is 13.7. The summed E-state index contributed by atoms with van der Waals surface area (Å²) < 4.78 is 30.2. The lowest BCUT2D eigenvalue weighted by atomic mass is 9.99. The minimum Gasteiger partial charge on any atom is -0.486 e. The molecule has 0 saturated heterocycles. The molecule has 4 rings (SSSR count). The van der Waals surface area contributed by atoms with Crippen LogP contribution in [0, 0.1) is 24.1 Å². The first kappa shape index (κ1) is 34.8. The second-order valence-corrected chi connectivity index (χ2v) is 18.8. The van der Waals surface area contributed by atoms with Gasteiger partial charge >= 0.3 is 0 Å². The molecule has 4 aromatic rings. The van der Waals surface area contributed by atoms with Crippen LogP contribution in [0.5, 0.6) is 5.75 Å². The maximum Gasteiger partial charge on any atom is 0.281 e. The van der Waals surface area contributed by atoms with E-state index >= 15 is 4.39 Å². The maximum absolute atomic E-state index is 15.6. The van der Waals surface area contributed by atoms with Crippen molar-refractivity contribution in [3.8, 4) is 34.1 Å². The van der Waals surface area contributed by atoms with Crippen molar-refractivity contribution in [3.05, 3.63) is 106 Å². The quantitative estimate of drug-likeness (QED) is 0.153. The maximum atomic E-state index is 15.6. The zero-order valence-electron chi connectivity index (χ0n) is 28.6. The molecule has 0 aliphatic rings. The Morgan fingerprint density at radius 2 is 1.63 bits per heavy atom. The normalized spacial score (nSPS) is 12.2. The monoisotopic (exact) mass is 639 g/mol. The van der Waals surface area contributed by atoms with Crippen LogP contribution in [0.4, 0.5) is 4.39 Å². The molecule has 0 N–H and O–H groups in total. The van der Waals surface area contributed by atoms with Gasteiger partial charge in [-0.3, -0.25) is 4.79 Å². The highest BCUT2D eigenvalue weighted by Crippen LogP contribution is 2.37. The van der Waals surface area contributed by atoms with Crippen molar-refractivity contribution >= 4 is 8.32 Å². The molecule has 0 atom stereocenters. The lowest BCUT2D eigenvalue weighted by molar-refractivity contribution is 0.0462. The first-order chi connectivity index (χ1) is 21.6. The second-order valence-electron chi connectivity index (χ2n) is 14.0. The molecular weight excluding hydrogens is 594 g/mol. The van der Waals surface area contributed by atoms with E-state index < -0.39 is 13.9 Å². The third-order valence-corrected chi connectivity index (χ3v) is 13.3. The predicted octanol–water partition coefficient (Wildman–Crippen LogP) is 9.08. The van der Waals surface area contributed by atoms with E-state index in [-0.39, 0.29) is 23.0 Å². The fraction of sp³-hybridized carbons (Fsp3) is 0.395. The van der Waals surface area contributed by atoms with Gasteiger partial charge in [0.05, 0.1) is 30.3 Å². The Hall–Kier alpha value is -4.06. The summed E-state index contributed by atoms with van der Waals surface area (Å²) in [6.07, 6.45) is 1.38. The summed E-state index contributed by atoms with van der Waals surface area (Å²) in [6.45, 7) is 19.7. The molecule has 1 aromatic heterocycles. The van der Waals surface area contributed by atoms with Crippen molar-refractivity contribution in [1.29, 1.82) is 5.26 Å². The minimum absolute atomic E-state index is 0.107. The van der Waals surface area contributed by atoms with Crippen molar-refractivity contribution < 1.29 is 13.6 Å². The van der Waals surface area contributed by atoms with Crippen LogP contribution in [0.3, 0.4) is 0 Å². The summed E-state index contributed by atoms with van der Waals surface area (Å²) >= 11 is 0. The number of aryl methyl sites for hydroxylation is 1. The van der Waals surface area contributed by atoms with Crippen molar-refractivity contribution in [2.45, 2.75) is 91.6 Å². The third kappa shape index (κ3) is 7.83. The van der Waals surface area contributed by atoms with Gasteiger partial charge in [0.2, 0.25) is 0 Å². The summed E-state index contributed by atoms with van der Waals surface area (Å²) in [5.41, 5.74) is 3.36. The largest absolute Gasteiger partial charge is 0.486 e. The predicted molar refractivity (Wildman–Crippen MR) is 186 cm³/mol. The highest BCUT2D eigenvalue weighted by molar-refractivity contribution is 6.74. The van der Waals surface area contributed by atoms with E-state index in [9.17, 15) is 10.1 Å². The number of rotatable bonds is 11. The topological polar surface area (TPSA) is 77.1 Å². The molecule has 0 saturated carbocycles. The molecule has 0 spiro atoms. The number of hydrogen-bond donors (Lipinski definition) is 0. The Morgan fingerprint density at radius 1 is 0.978 bits per heavy atom. The number of ether oxygens (including phenoxy) is 1. The summed E-state index contributed by atoms with van der Waals surface area (Å²) in [5, 5.41) is 9.61. The molecule has 3 aromatic carbocycles. The van der Waals surface area contributed by atoms with Crippen LogP contribution < -0.4 is 10.3 Å². The van der Waals surface area contributed by atoms with E-state index in [0.29, 0.717) is 52.4 Å². The number of nitrogens with zero attached hydrogens (tertiary/aromatic N) is 3. The highest BCUT2D eigenvalue weighted by atomic mass is 28.4. The molecule has 0 radical (unpaired) electrons. The summed E-state index contributed by atoms with van der Waals surface area (Å²) in [7, 11) is -1.93. The Balaban J connectivity index is 1.62. The van der Waals surface area contributed by atoms with Crippen LogP contribution in [0.25, 0.3) is 22.3 Å². The van der Waals surface area contributed by atoms with Gasteiger partial charge in [-0.2, -0.15) is 10.2 Å². The lowest BCUT2D eigenvalue weighted by Crippen LogP contribution is -2.46. The van der Waals surface area contributed by atoms with Gasteiger partial charge in [-0.25, -0.2) is 4.39 Å². The fourth-order valence-corrected chi connectivity index (χ4v) is 6.27. The molecule has 1 heterocycles. The zero-order valence-corrected chi connectivity index (χ0v) is 29.6. The van der Waals surface area contributed by atoms with Crippen LogP contribution in [-0.4, -0.2) is 30.1 Å². The highest BCUT2D eigenvalue weighted by Gasteiger charge is 2.39. The third-order valence-electron chi connectivity index (χ3n) is 8.86. The van der Waals surface area contributed by atoms with Crippen molar-refractivity contribution in [3.63, 3.8) is 0 Å². The molecular formula is C38H46FN3O3Si. The van der Waals surface area contributed by atoms with Crippen molar-refractivity contribution in [1.82, 2.24) is 9.55 Å². The molecule has 0 fully saturated rings. The number of benzene rings is 3. The fourth-order valence-electron chi connectivity index (χ4n) is 5.13. The van der Waals surface area contributed by atoms with E-state index in [4.69, 9.17) is 9.16 Å². The van der Waals surface area contributed by atoms with Gasteiger partial charge in [0.1, 0.15) is 23.0 Å². The Morgan fingerprint density at radius 3 is 2.24 bits per heavy atom. The SMILES string of the molecule is CCCc1nc(=O)c(-c2ccc(OC(C)(C)CO[Si](C)(C)C(C)(C)C)cc2)c(C)n1Cc1ccc(-c2ccccc2C#N)cc1F. The van der Waals surface area contributed by atoms with Crippen LogP contribution in [0.1, 0.15) is 70.6 Å². The first-order valence-corrected chi connectivity index (χ1v) is 18.8. The van der Waals surface area contributed by atoms with Gasteiger partial charge in [-0.05, 0) is 86.3 Å². The summed E-state index contributed by atoms with van der Waals surface area (Å²) in [4.78, 5) is 17.8. The molecule has 0 bridgehead atoms. The summed E-state index contributed by atoms with van der Waals surface area (Å²) in [5.74, 6) is 0.922. The van der Waals surface area contributed by atoms with E-state index in [1.54, 1.807) is 18.2 Å². The molecule has 0 aliphatic heterocycles. The molecule has 0 unspecified atom stereocenters. The van der Waals surface area contributed by atoms with Crippen molar-refractivity contribution in [2.24, 2.45) is 0 Å². The smallest absolute Gasteiger partial charge is 0.281 e. The number of hydrogen-bond acceptors (Lipinski definition) is 5. The van der Waals surface area contributed by atoms with Gasteiger partial charge < -0.3 is 13.7 Å². The van der Waals surface area contributed by atoms with E-state index in [1.165, 1.54) is 6.07 Å². The van der Waals surface area contributed by atoms with Gasteiger partial charge in [-0.15, -0.1) is 0 Å². The Bertz CT molecular complexity index is 1800. The average Bonchev–Trinajstić information content (AvgIpc) is 2.99. The van der Waals surface area contributed by atoms with Gasteiger partial charge in [-0.1, -0.05) is 70.2 Å². The minimum atomic E-state index is -1.93. The van der Waals surface area contributed by atoms with Gasteiger partial charge in [0, 0.05) is 17.7 Å². The van der Waals surface area contributed by atoms with Crippen LogP contribution in [0.2, 0.25) is 18.1 Å². The van der Waals surface area contributed by atoms with Crippen molar-refractivity contribution in [2.75, 3.05) is 6.61 Å². The molecule has 0 aliphatic carbocycles. The number of nitriles is 1. The molecule has 242 valence electrons. The van der Waals surface area contributed by atoms with E-state index in [2.05, 4.69) is 44.9 Å². The zero-order chi connectivity index (χ0) is 33.9. The summed E-state index contributed by atoms with van der Waals surface area (Å²) in [6, 6.07) is 21.9. The molecule has 0 amide bonds. The number of halogens is 1. The van der Waals surface area contributed by atoms with Crippen LogP contribution in [-0.2, 0) is 17.4 Å². The van der Waals surface area contributed by atoms with Crippen LogP contribution in [0.15, 0.2) is 71.5 Å². The Kier molecular flexibility index (Phi) is 10.4. The molecule has 46 heavy (non-hydrogen) atoms. The standard InChI is InChI=1S/C38H46FN3O3Si/c1-10-13-34-41-36(43)35(27-18-20-31(21-19-27)45-38(6,7)25-44-46(8,9)37(3,4)5)26(2)42(34)24-30-17-16-28(22-33(30)39)32-15-12-11-14-29(32)23-40/h11-12,14-22H,10,13,24-25H2,1-9H3. The van der Waals surface area contributed by atoms with E-state index in [0.717, 1.165) is 17.7 Å². The lowest BCUT2D eigenvalue weighted by Gasteiger charge is -2.39. The van der Waals surface area contributed by atoms with Gasteiger partial charge in [0.25, 0.3) is 5.56 Å². The van der Waals surface area contributed by atoms with Gasteiger partial charge in [0.15, 0.2) is 8.32 Å². The van der Waals surface area contributed by atoms with Crippen LogP contribution >= 0.6 is 0 Å². The first-order valence-electron chi connectivity index (χ1n) is 15.9. The number of aromatic nitrogens is 2. The molecule has 8 heteroatoms. The average molecular weight is 640 g/mol. The Labute approximate surface area is 274 Å². The molecule has 6 nitrogen and oxygen atoms in total.